The van der Waals surface area contributed by atoms with Gasteiger partial charge in [-0.2, -0.15) is 0 Å². The molecular formula is C29H44N3O8P. The summed E-state index contributed by atoms with van der Waals surface area (Å²) >= 11 is 0. The molecule has 2 aliphatic rings. The fourth-order valence-corrected chi connectivity index (χ4v) is 5.43. The number of primary amides is 1. The van der Waals surface area contributed by atoms with Crippen LogP contribution in [0.25, 0.3) is 0 Å². The van der Waals surface area contributed by atoms with Crippen molar-refractivity contribution in [2.75, 3.05) is 13.2 Å². The Bertz CT molecular complexity index is 1160. The average Bonchev–Trinajstić information content (AvgIpc) is 3.09. The summed E-state index contributed by atoms with van der Waals surface area (Å²) in [6.45, 7) is 2.41. The highest BCUT2D eigenvalue weighted by Crippen LogP contribution is 2.37. The minimum absolute atomic E-state index is 0. The van der Waals surface area contributed by atoms with Gasteiger partial charge < -0.3 is 42.3 Å². The Balaban J connectivity index is 0.00000280. The van der Waals surface area contributed by atoms with E-state index in [0.29, 0.717) is 55.5 Å². The molecule has 1 unspecified atom stereocenters. The molecule has 12 heteroatoms. The number of benzene rings is 2. The molecule has 3 amide bonds. The second-order valence-corrected chi connectivity index (χ2v) is 11.0. The van der Waals surface area contributed by atoms with E-state index < -0.39 is 18.0 Å². The molecule has 10 N–H and O–H groups in total. The zero-order valence-corrected chi connectivity index (χ0v) is 24.6. The maximum atomic E-state index is 13.4. The highest BCUT2D eigenvalue weighted by Gasteiger charge is 2.29. The van der Waals surface area contributed by atoms with Crippen molar-refractivity contribution in [3.63, 3.8) is 0 Å². The second-order valence-electron chi connectivity index (χ2n) is 10.3. The van der Waals surface area contributed by atoms with Crippen LogP contribution in [-0.4, -0.2) is 53.4 Å². The van der Waals surface area contributed by atoms with Crippen molar-refractivity contribution < 1.29 is 40.3 Å². The predicted molar refractivity (Wildman–Crippen MR) is 161 cm³/mol. The zero-order valence-electron chi connectivity index (χ0n) is 23.5. The van der Waals surface area contributed by atoms with Gasteiger partial charge >= 0.3 is 0 Å². The summed E-state index contributed by atoms with van der Waals surface area (Å²) in [7, 11) is 2.63. The molecule has 228 valence electrons. The van der Waals surface area contributed by atoms with E-state index in [1.54, 1.807) is 12.1 Å². The number of hydrogen-bond donors (Lipinski definition) is 3. The third-order valence-electron chi connectivity index (χ3n) is 7.28. The number of hydrogen-bond acceptors (Lipinski definition) is 5. The summed E-state index contributed by atoms with van der Waals surface area (Å²) in [5.74, 6) is 0.286. The van der Waals surface area contributed by atoms with Gasteiger partial charge in [0, 0.05) is 25.0 Å². The highest BCUT2D eigenvalue weighted by atomic mass is 31.0. The molecule has 2 aromatic rings. The Labute approximate surface area is 243 Å². The van der Waals surface area contributed by atoms with E-state index in [2.05, 4.69) is 19.9 Å². The predicted octanol–water partition coefficient (Wildman–Crippen LogP) is 0.848. The van der Waals surface area contributed by atoms with Crippen LogP contribution in [0, 0.1) is 5.92 Å². The molecule has 1 fully saturated rings. The molecule has 4 rings (SSSR count). The average molecular weight is 594 g/mol. The smallest absolute Gasteiger partial charge is 0.252 e. The van der Waals surface area contributed by atoms with E-state index >= 15 is 0 Å². The fourth-order valence-electron chi connectivity index (χ4n) is 5.24. The summed E-state index contributed by atoms with van der Waals surface area (Å²) < 4.78 is 12.1. The van der Waals surface area contributed by atoms with Gasteiger partial charge in [-0.05, 0) is 48.5 Å². The lowest BCUT2D eigenvalue weighted by Gasteiger charge is -2.25. The Kier molecular flexibility index (Phi) is 14.7. The first-order valence-corrected chi connectivity index (χ1v) is 14.0. The zero-order chi connectivity index (χ0) is 27.1. The normalized spacial score (nSPS) is 17.0. The van der Waals surface area contributed by atoms with Gasteiger partial charge in [0.25, 0.3) is 5.91 Å². The minimum Gasteiger partial charge on any atom is -0.493 e. The van der Waals surface area contributed by atoms with Crippen LogP contribution in [0.5, 0.6) is 11.5 Å². The number of rotatable bonds is 9. The fraction of sp³-hybridized carbons (Fsp3) is 0.483. The van der Waals surface area contributed by atoms with E-state index in [0.717, 1.165) is 23.7 Å². The quantitative estimate of drug-likeness (QED) is 0.360. The van der Waals surface area contributed by atoms with Crippen LogP contribution in [0.3, 0.4) is 0 Å². The van der Waals surface area contributed by atoms with E-state index in [1.807, 2.05) is 24.3 Å². The maximum Gasteiger partial charge on any atom is 0.252 e. The molecule has 0 spiro atoms. The van der Waals surface area contributed by atoms with E-state index in [1.165, 1.54) is 26.2 Å². The van der Waals surface area contributed by atoms with Crippen molar-refractivity contribution in [1.82, 2.24) is 10.6 Å². The lowest BCUT2D eigenvalue weighted by molar-refractivity contribution is -0.128. The molecule has 0 bridgehead atoms. The summed E-state index contributed by atoms with van der Waals surface area (Å²) in [4.78, 5) is 37.7. The van der Waals surface area contributed by atoms with Crippen LogP contribution in [0.2, 0.25) is 0 Å². The van der Waals surface area contributed by atoms with Crippen molar-refractivity contribution in [1.29, 1.82) is 0 Å². The molecule has 1 heterocycles. The van der Waals surface area contributed by atoms with Gasteiger partial charge in [0.2, 0.25) is 11.8 Å². The molecular weight excluding hydrogens is 549 g/mol. The molecule has 41 heavy (non-hydrogen) atoms. The first-order valence-electron chi connectivity index (χ1n) is 13.5. The summed E-state index contributed by atoms with van der Waals surface area (Å²) in [5, 5.41) is 6.91. The van der Waals surface area contributed by atoms with Gasteiger partial charge in [0.05, 0.1) is 24.8 Å². The second kappa shape index (κ2) is 16.9. The largest absolute Gasteiger partial charge is 0.493 e. The third kappa shape index (κ3) is 9.97. The number of fused-ring (bicyclic) bond motifs is 1. The van der Waals surface area contributed by atoms with Gasteiger partial charge in [-0.3, -0.25) is 14.4 Å². The Morgan fingerprint density at radius 3 is 2.34 bits per heavy atom. The first kappa shape index (κ1) is 35.8. The molecule has 1 saturated carbocycles. The summed E-state index contributed by atoms with van der Waals surface area (Å²) in [6.07, 6.45) is 7.60. The van der Waals surface area contributed by atoms with Crippen molar-refractivity contribution in [2.24, 2.45) is 11.7 Å². The van der Waals surface area contributed by atoms with Gasteiger partial charge in [0.1, 0.15) is 17.5 Å². The molecule has 1 aliphatic heterocycles. The SMILES string of the molecule is CC(=O)N[C@@H](Cc1ccc(P)cc1)C(=O)N[C@H]1CCCOc2cc(OCC3CCCCC3)c(C(N)=O)cc21.O.O.O. The third-order valence-corrected chi connectivity index (χ3v) is 7.66. The van der Waals surface area contributed by atoms with Gasteiger partial charge in [-0.1, -0.05) is 43.5 Å². The lowest BCUT2D eigenvalue weighted by atomic mass is 9.90. The van der Waals surface area contributed by atoms with Crippen LogP contribution in [0.15, 0.2) is 36.4 Å². The number of amides is 3. The standard InChI is InChI=1S/C29H38N3O5P.3H2O/c1-18(33)31-25(14-19-9-11-21(38)12-10-19)29(35)32-24-8-5-13-36-26-16-27(23(28(30)34)15-22(24)26)37-17-20-6-3-2-4-7-20;;;/h9-12,15-16,20,24-25H,2-8,13-14,17,38H2,1H3,(H2,30,34)(H,31,33)(H,32,35);3*1H2/t24-,25-;;;/m0.../s1. The van der Waals surface area contributed by atoms with Gasteiger partial charge in [-0.25, -0.2) is 0 Å². The highest BCUT2D eigenvalue weighted by molar-refractivity contribution is 7.27. The van der Waals surface area contributed by atoms with E-state index in [4.69, 9.17) is 15.2 Å². The van der Waals surface area contributed by atoms with Crippen LogP contribution < -0.4 is 31.1 Å². The number of nitrogens with one attached hydrogen (secondary N) is 2. The lowest BCUT2D eigenvalue weighted by Crippen LogP contribution is -2.48. The van der Waals surface area contributed by atoms with Crippen molar-refractivity contribution >= 4 is 32.3 Å². The van der Waals surface area contributed by atoms with Crippen molar-refractivity contribution in [3.8, 4) is 11.5 Å². The Hall–Kier alpha value is -3.24. The molecule has 11 nitrogen and oxygen atoms in total. The first-order chi connectivity index (χ1) is 18.3. The summed E-state index contributed by atoms with van der Waals surface area (Å²) in [5.41, 5.74) is 7.64. The van der Waals surface area contributed by atoms with Crippen LogP contribution in [0.1, 0.15) is 79.4 Å². The van der Waals surface area contributed by atoms with Gasteiger partial charge in [-0.15, -0.1) is 9.24 Å². The number of nitrogens with two attached hydrogens (primary N) is 1. The molecule has 1 aliphatic carbocycles. The minimum atomic E-state index is -0.746. The number of carbonyl (C=O) groups is 3. The Morgan fingerprint density at radius 2 is 1.71 bits per heavy atom. The van der Waals surface area contributed by atoms with E-state index in [-0.39, 0.29) is 33.8 Å². The van der Waals surface area contributed by atoms with E-state index in [9.17, 15) is 14.4 Å². The molecule has 0 saturated heterocycles. The number of carbonyl (C=O) groups excluding carboxylic acids is 3. The van der Waals surface area contributed by atoms with Crippen LogP contribution in [0.4, 0.5) is 0 Å². The van der Waals surface area contributed by atoms with Crippen LogP contribution >= 0.6 is 9.24 Å². The topological polar surface area (TPSA) is 214 Å². The molecule has 0 aromatic heterocycles. The van der Waals surface area contributed by atoms with Gasteiger partial charge in [0.15, 0.2) is 0 Å². The molecule has 2 aromatic carbocycles. The molecule has 3 atom stereocenters. The maximum absolute atomic E-state index is 13.4. The van der Waals surface area contributed by atoms with Crippen LogP contribution in [-0.2, 0) is 16.0 Å². The molecule has 0 radical (unpaired) electrons. The summed E-state index contributed by atoms with van der Waals surface area (Å²) in [6, 6.07) is 10.0. The van der Waals surface area contributed by atoms with Crippen molar-refractivity contribution in [3.05, 3.63) is 53.1 Å². The number of ether oxygens (including phenoxy) is 2. The Morgan fingerprint density at radius 1 is 1.02 bits per heavy atom. The monoisotopic (exact) mass is 593 g/mol. The van der Waals surface area contributed by atoms with Crippen molar-refractivity contribution in [2.45, 2.75) is 70.4 Å².